The van der Waals surface area contributed by atoms with Crippen LogP contribution in [0, 0.1) is 0 Å². The first-order valence-corrected chi connectivity index (χ1v) is 12.1. The van der Waals surface area contributed by atoms with Gasteiger partial charge >= 0.3 is 5.97 Å². The summed E-state index contributed by atoms with van der Waals surface area (Å²) >= 11 is 0. The van der Waals surface area contributed by atoms with Crippen LogP contribution in [0.15, 0.2) is 77.6 Å². The van der Waals surface area contributed by atoms with E-state index in [2.05, 4.69) is 5.32 Å². The maximum Gasteiger partial charge on any atom is 0.356 e. The van der Waals surface area contributed by atoms with E-state index >= 15 is 0 Å². The van der Waals surface area contributed by atoms with Crippen molar-refractivity contribution in [3.05, 3.63) is 88.8 Å². The van der Waals surface area contributed by atoms with E-state index < -0.39 is 18.0 Å². The number of rotatable bonds is 6. The van der Waals surface area contributed by atoms with Crippen LogP contribution in [0.1, 0.15) is 23.8 Å². The molecule has 0 aliphatic carbocycles. The number of ether oxygens (including phenoxy) is 3. The van der Waals surface area contributed by atoms with Gasteiger partial charge in [0.25, 0.3) is 11.5 Å². The molecule has 188 valence electrons. The van der Waals surface area contributed by atoms with Crippen LogP contribution in [0.4, 0.5) is 5.69 Å². The van der Waals surface area contributed by atoms with Crippen molar-refractivity contribution in [3.63, 3.8) is 0 Å². The van der Waals surface area contributed by atoms with Crippen molar-refractivity contribution in [3.8, 4) is 22.6 Å². The Labute approximate surface area is 213 Å². The molecule has 1 atom stereocenters. The summed E-state index contributed by atoms with van der Waals surface area (Å²) in [7, 11) is 1.54. The molecule has 0 saturated carbocycles. The van der Waals surface area contributed by atoms with E-state index in [0.717, 1.165) is 5.56 Å². The first-order valence-electron chi connectivity index (χ1n) is 12.1. The summed E-state index contributed by atoms with van der Waals surface area (Å²) in [5.41, 5.74) is 1.59. The summed E-state index contributed by atoms with van der Waals surface area (Å²) in [6.45, 7) is 2.64. The fourth-order valence-electron chi connectivity index (χ4n) is 4.45. The molecule has 0 fully saturated rings. The number of carbonyl (C=O) groups excluding carboxylic acids is 2. The average molecular weight is 499 g/mol. The minimum Gasteiger partial charge on any atom is -0.486 e. The van der Waals surface area contributed by atoms with Crippen LogP contribution < -0.4 is 20.3 Å². The van der Waals surface area contributed by atoms with Gasteiger partial charge in [-0.2, -0.15) is 0 Å². The molecule has 3 aromatic carbocycles. The van der Waals surface area contributed by atoms with Crippen LogP contribution in [0.25, 0.3) is 21.9 Å². The molecule has 0 bridgehead atoms. The predicted octanol–water partition coefficient (Wildman–Crippen LogP) is 4.55. The van der Waals surface area contributed by atoms with Crippen molar-refractivity contribution in [2.75, 3.05) is 18.5 Å². The lowest BCUT2D eigenvalue weighted by Gasteiger charge is -2.21. The Balaban J connectivity index is 1.48. The normalized spacial score (nSPS) is 13.1. The van der Waals surface area contributed by atoms with Gasteiger partial charge < -0.3 is 24.1 Å². The van der Waals surface area contributed by atoms with Crippen molar-refractivity contribution in [2.45, 2.75) is 19.4 Å². The summed E-state index contributed by atoms with van der Waals surface area (Å²) in [6, 6.07) is 21.6. The average Bonchev–Trinajstić information content (AvgIpc) is 2.93. The maximum absolute atomic E-state index is 13.6. The Bertz CT molecular complexity index is 1540. The Hall–Kier alpha value is -4.59. The Morgan fingerprint density at radius 1 is 0.946 bits per heavy atom. The van der Waals surface area contributed by atoms with Gasteiger partial charge in [-0.1, -0.05) is 55.5 Å². The van der Waals surface area contributed by atoms with Crippen molar-refractivity contribution < 1.29 is 23.8 Å². The number of fused-ring (bicyclic) bond motifs is 2. The second kappa shape index (κ2) is 10.2. The van der Waals surface area contributed by atoms with Crippen molar-refractivity contribution in [1.82, 2.24) is 4.57 Å². The van der Waals surface area contributed by atoms with Gasteiger partial charge in [0.2, 0.25) is 0 Å². The molecule has 0 saturated heterocycles. The highest BCUT2D eigenvalue weighted by atomic mass is 16.6. The summed E-state index contributed by atoms with van der Waals surface area (Å²) in [5, 5.41) is 3.91. The molecule has 5 rings (SSSR count). The minimum absolute atomic E-state index is 0.0838. The van der Waals surface area contributed by atoms with Gasteiger partial charge in [0.1, 0.15) is 18.9 Å². The number of hydrogen-bond acceptors (Lipinski definition) is 6. The summed E-state index contributed by atoms with van der Waals surface area (Å²) in [6.07, 6.45) is -0.837. The Kier molecular flexibility index (Phi) is 6.64. The molecular formula is C29H26N2O6. The van der Waals surface area contributed by atoms with Crippen molar-refractivity contribution >= 4 is 28.3 Å². The van der Waals surface area contributed by atoms with Gasteiger partial charge in [0, 0.05) is 29.8 Å². The quantitative estimate of drug-likeness (QED) is 0.392. The number of hydrogen-bond donors (Lipinski definition) is 1. The summed E-state index contributed by atoms with van der Waals surface area (Å²) in [5.74, 6) is -0.103. The molecule has 0 spiro atoms. The van der Waals surface area contributed by atoms with Gasteiger partial charge in [-0.15, -0.1) is 0 Å². The highest BCUT2D eigenvalue weighted by Crippen LogP contribution is 2.33. The number of nitrogens with one attached hydrogen (secondary N) is 1. The number of pyridine rings is 1. The molecule has 8 nitrogen and oxygen atoms in total. The molecule has 1 N–H and O–H groups in total. The highest BCUT2D eigenvalue weighted by molar-refractivity contribution is 6.07. The standard InChI is InChI=1S/C29H26N2O6/c1-3-22(27(32)30-19-13-14-23-24(17-19)36-16-15-35-23)37-29(34)26-25(18-9-5-4-6-10-18)20-11-7-8-12-21(20)28(33)31(26)2/h4-14,17,22H,3,15-16H2,1-2H3,(H,30,32). The van der Waals surface area contributed by atoms with E-state index in [-0.39, 0.29) is 17.7 Å². The zero-order valence-electron chi connectivity index (χ0n) is 20.5. The van der Waals surface area contributed by atoms with Crippen LogP contribution >= 0.6 is 0 Å². The SMILES string of the molecule is CCC(OC(=O)c1c(-c2ccccc2)c2ccccc2c(=O)n1C)C(=O)Nc1ccc2c(c1)OCCO2. The van der Waals surface area contributed by atoms with E-state index in [9.17, 15) is 14.4 Å². The number of esters is 1. The molecule has 1 amide bonds. The zero-order valence-corrected chi connectivity index (χ0v) is 20.5. The van der Waals surface area contributed by atoms with Gasteiger partial charge in [0.05, 0.1) is 0 Å². The number of nitrogens with zero attached hydrogens (tertiary/aromatic N) is 1. The van der Waals surface area contributed by atoms with E-state index in [4.69, 9.17) is 14.2 Å². The summed E-state index contributed by atoms with van der Waals surface area (Å²) < 4.78 is 18.1. The smallest absolute Gasteiger partial charge is 0.356 e. The van der Waals surface area contributed by atoms with E-state index in [0.29, 0.717) is 46.7 Å². The number of aromatic nitrogens is 1. The number of carbonyl (C=O) groups is 2. The fraction of sp³-hybridized carbons (Fsp3) is 0.207. The van der Waals surface area contributed by atoms with Crippen LogP contribution in [-0.4, -0.2) is 35.8 Å². The third-order valence-corrected chi connectivity index (χ3v) is 6.28. The predicted molar refractivity (Wildman–Crippen MR) is 140 cm³/mol. The van der Waals surface area contributed by atoms with Crippen molar-refractivity contribution in [2.24, 2.45) is 7.05 Å². The molecule has 0 radical (unpaired) electrons. The molecule has 1 aliphatic rings. The number of anilines is 1. The monoisotopic (exact) mass is 498 g/mol. The molecule has 1 unspecified atom stereocenters. The number of benzene rings is 3. The molecule has 8 heteroatoms. The topological polar surface area (TPSA) is 95.9 Å². The Morgan fingerprint density at radius 2 is 1.62 bits per heavy atom. The van der Waals surface area contributed by atoms with Gasteiger partial charge in [-0.3, -0.25) is 9.59 Å². The summed E-state index contributed by atoms with van der Waals surface area (Å²) in [4.78, 5) is 39.8. The lowest BCUT2D eigenvalue weighted by atomic mass is 9.97. The fourth-order valence-corrected chi connectivity index (χ4v) is 4.45. The lowest BCUT2D eigenvalue weighted by molar-refractivity contribution is -0.124. The third-order valence-electron chi connectivity index (χ3n) is 6.28. The molecule has 1 aliphatic heterocycles. The van der Waals surface area contributed by atoms with Gasteiger partial charge in [-0.25, -0.2) is 4.79 Å². The Morgan fingerprint density at radius 3 is 2.35 bits per heavy atom. The van der Waals surface area contributed by atoms with Crippen LogP contribution in [-0.2, 0) is 16.6 Å². The van der Waals surface area contributed by atoms with Crippen LogP contribution in [0.2, 0.25) is 0 Å². The first-order chi connectivity index (χ1) is 18.0. The van der Waals surface area contributed by atoms with Crippen LogP contribution in [0.5, 0.6) is 11.5 Å². The largest absolute Gasteiger partial charge is 0.486 e. The lowest BCUT2D eigenvalue weighted by Crippen LogP contribution is -2.34. The molecule has 37 heavy (non-hydrogen) atoms. The first kappa shape index (κ1) is 24.1. The second-order valence-electron chi connectivity index (χ2n) is 8.65. The van der Waals surface area contributed by atoms with Gasteiger partial charge in [0.15, 0.2) is 17.6 Å². The molecule has 1 aromatic heterocycles. The third kappa shape index (κ3) is 4.65. The second-order valence-corrected chi connectivity index (χ2v) is 8.65. The maximum atomic E-state index is 13.6. The molecule has 2 heterocycles. The van der Waals surface area contributed by atoms with E-state index in [1.807, 2.05) is 42.5 Å². The molecule has 4 aromatic rings. The number of amides is 1. The zero-order chi connectivity index (χ0) is 25.9. The van der Waals surface area contributed by atoms with E-state index in [1.54, 1.807) is 37.3 Å². The van der Waals surface area contributed by atoms with Crippen LogP contribution in [0.3, 0.4) is 0 Å². The van der Waals surface area contributed by atoms with E-state index in [1.165, 1.54) is 11.6 Å². The molecular weight excluding hydrogens is 472 g/mol. The minimum atomic E-state index is -1.08. The van der Waals surface area contributed by atoms with Gasteiger partial charge in [-0.05, 0) is 35.6 Å². The van der Waals surface area contributed by atoms with Crippen molar-refractivity contribution in [1.29, 1.82) is 0 Å². The highest BCUT2D eigenvalue weighted by Gasteiger charge is 2.28.